The zero-order chi connectivity index (χ0) is 10.9. The zero-order valence-corrected chi connectivity index (χ0v) is 10.5. The van der Waals surface area contributed by atoms with Gasteiger partial charge < -0.3 is 10.0 Å². The van der Waals surface area contributed by atoms with Gasteiger partial charge >= 0.3 is 0 Å². The molecule has 1 aromatic carbocycles. The topological polar surface area (TPSA) is 23.5 Å². The van der Waals surface area contributed by atoms with Gasteiger partial charge in [-0.2, -0.15) is 0 Å². The molecule has 1 fully saturated rings. The van der Waals surface area contributed by atoms with Crippen LogP contribution < -0.4 is 0 Å². The van der Waals surface area contributed by atoms with Crippen molar-refractivity contribution in [3.8, 4) is 0 Å². The van der Waals surface area contributed by atoms with Gasteiger partial charge in [-0.3, -0.25) is 0 Å². The highest BCUT2D eigenvalue weighted by Crippen LogP contribution is 2.32. The van der Waals surface area contributed by atoms with Crippen molar-refractivity contribution in [3.05, 3.63) is 34.3 Å². The number of aliphatic hydroxyl groups is 1. The maximum Gasteiger partial charge on any atom is 0.103 e. The van der Waals surface area contributed by atoms with E-state index in [0.717, 1.165) is 36.1 Å². The van der Waals surface area contributed by atoms with Gasteiger partial charge in [-0.25, -0.2) is 0 Å². The molecule has 0 spiro atoms. The Balaban J connectivity index is 2.20. The number of halogens is 1. The first kappa shape index (κ1) is 11.1. The summed E-state index contributed by atoms with van der Waals surface area (Å²) >= 11 is 3.41. The lowest BCUT2D eigenvalue weighted by Crippen LogP contribution is -2.30. The van der Waals surface area contributed by atoms with Crippen LogP contribution in [0.5, 0.6) is 0 Å². The summed E-state index contributed by atoms with van der Waals surface area (Å²) in [7, 11) is 0. The van der Waals surface area contributed by atoms with Gasteiger partial charge in [0.25, 0.3) is 0 Å². The molecule has 3 heteroatoms. The van der Waals surface area contributed by atoms with Gasteiger partial charge in [-0.1, -0.05) is 35.0 Å². The summed E-state index contributed by atoms with van der Waals surface area (Å²) < 4.78 is 1.06. The SMILES string of the molecule is CCN1CCC(O)(c2ccc(Br)cc2)C1. The Morgan fingerprint density at radius 2 is 2.07 bits per heavy atom. The number of likely N-dealkylation sites (N-methyl/N-ethyl adjacent to an activating group) is 1. The van der Waals surface area contributed by atoms with Crippen molar-refractivity contribution in [2.24, 2.45) is 0 Å². The van der Waals surface area contributed by atoms with E-state index in [2.05, 4.69) is 27.8 Å². The smallest absolute Gasteiger partial charge is 0.103 e. The number of hydrogen-bond donors (Lipinski definition) is 1. The van der Waals surface area contributed by atoms with Crippen LogP contribution in [0.2, 0.25) is 0 Å². The average molecular weight is 270 g/mol. The van der Waals surface area contributed by atoms with Gasteiger partial charge in [-0.05, 0) is 30.7 Å². The fourth-order valence-electron chi connectivity index (χ4n) is 2.14. The molecular formula is C12H16BrNO. The van der Waals surface area contributed by atoms with E-state index in [1.807, 2.05) is 24.3 Å². The van der Waals surface area contributed by atoms with E-state index in [9.17, 15) is 5.11 Å². The minimum absolute atomic E-state index is 0.642. The zero-order valence-electron chi connectivity index (χ0n) is 8.91. The fraction of sp³-hybridized carbons (Fsp3) is 0.500. The second-order valence-corrected chi connectivity index (χ2v) is 5.07. The monoisotopic (exact) mass is 269 g/mol. The van der Waals surface area contributed by atoms with Gasteiger partial charge in [0, 0.05) is 17.6 Å². The Kier molecular flexibility index (Phi) is 3.14. The first-order valence-corrected chi connectivity index (χ1v) is 6.14. The quantitative estimate of drug-likeness (QED) is 0.891. The Bertz CT molecular complexity index is 338. The van der Waals surface area contributed by atoms with E-state index in [0.29, 0.717) is 0 Å². The van der Waals surface area contributed by atoms with Crippen LogP contribution in [0, 0.1) is 0 Å². The number of nitrogens with zero attached hydrogens (tertiary/aromatic N) is 1. The van der Waals surface area contributed by atoms with Crippen LogP contribution in [-0.4, -0.2) is 29.6 Å². The predicted molar refractivity (Wildman–Crippen MR) is 64.8 cm³/mol. The van der Waals surface area contributed by atoms with Crippen molar-refractivity contribution < 1.29 is 5.11 Å². The molecule has 0 saturated carbocycles. The minimum atomic E-state index is -0.642. The van der Waals surface area contributed by atoms with E-state index in [4.69, 9.17) is 0 Å². The number of benzene rings is 1. The Labute approximate surface area is 99.0 Å². The molecule has 0 radical (unpaired) electrons. The normalized spacial score (nSPS) is 27.1. The molecule has 1 aliphatic heterocycles. The van der Waals surface area contributed by atoms with Gasteiger partial charge in [0.15, 0.2) is 0 Å². The summed E-state index contributed by atoms with van der Waals surface area (Å²) in [5.74, 6) is 0. The van der Waals surface area contributed by atoms with Crippen molar-refractivity contribution >= 4 is 15.9 Å². The maximum absolute atomic E-state index is 10.5. The Hall–Kier alpha value is -0.380. The summed E-state index contributed by atoms with van der Waals surface area (Å²) in [6.07, 6.45) is 0.836. The molecule has 1 aliphatic rings. The predicted octanol–water partition coefficient (Wildman–Crippen LogP) is 2.36. The third-order valence-electron chi connectivity index (χ3n) is 3.16. The lowest BCUT2D eigenvalue weighted by molar-refractivity contribution is 0.0467. The molecule has 0 amide bonds. The standard InChI is InChI=1S/C12H16BrNO/c1-2-14-8-7-12(15,9-14)10-3-5-11(13)6-4-10/h3-6,15H,2,7-9H2,1H3. The van der Waals surface area contributed by atoms with Crippen LogP contribution in [-0.2, 0) is 5.60 Å². The molecule has 1 atom stereocenters. The van der Waals surface area contributed by atoms with Crippen molar-refractivity contribution in [1.29, 1.82) is 0 Å². The Morgan fingerprint density at radius 3 is 2.60 bits per heavy atom. The Morgan fingerprint density at radius 1 is 1.40 bits per heavy atom. The summed E-state index contributed by atoms with van der Waals surface area (Å²) in [4.78, 5) is 2.28. The number of β-amino-alcohol motifs (C(OH)–C–C–N with tert-alkyl or cyclic N) is 1. The molecular weight excluding hydrogens is 254 g/mol. The summed E-state index contributed by atoms with van der Waals surface area (Å²) in [6.45, 7) is 4.89. The molecule has 0 aromatic heterocycles. The van der Waals surface area contributed by atoms with Crippen molar-refractivity contribution in [3.63, 3.8) is 0 Å². The highest BCUT2D eigenvalue weighted by atomic mass is 79.9. The van der Waals surface area contributed by atoms with E-state index in [1.165, 1.54) is 0 Å². The maximum atomic E-state index is 10.5. The van der Waals surface area contributed by atoms with Crippen molar-refractivity contribution in [1.82, 2.24) is 4.90 Å². The number of rotatable bonds is 2. The fourth-order valence-corrected chi connectivity index (χ4v) is 2.40. The first-order valence-electron chi connectivity index (χ1n) is 5.35. The molecule has 1 unspecified atom stereocenters. The lowest BCUT2D eigenvalue weighted by atomic mass is 9.93. The van der Waals surface area contributed by atoms with Crippen LogP contribution in [0.15, 0.2) is 28.7 Å². The molecule has 1 saturated heterocycles. The molecule has 2 rings (SSSR count). The second-order valence-electron chi connectivity index (χ2n) is 4.16. The van der Waals surface area contributed by atoms with Crippen LogP contribution in [0.1, 0.15) is 18.9 Å². The number of hydrogen-bond acceptors (Lipinski definition) is 2. The van der Waals surface area contributed by atoms with Crippen LogP contribution in [0.25, 0.3) is 0 Å². The molecule has 82 valence electrons. The molecule has 1 aromatic rings. The van der Waals surface area contributed by atoms with Gasteiger partial charge in [0.05, 0.1) is 0 Å². The summed E-state index contributed by atoms with van der Waals surface area (Å²) in [5, 5.41) is 10.5. The van der Waals surface area contributed by atoms with Crippen LogP contribution in [0.3, 0.4) is 0 Å². The molecule has 2 nitrogen and oxygen atoms in total. The molecule has 1 heterocycles. The van der Waals surface area contributed by atoms with Crippen LogP contribution in [0.4, 0.5) is 0 Å². The summed E-state index contributed by atoms with van der Waals surface area (Å²) in [6, 6.07) is 7.98. The van der Waals surface area contributed by atoms with E-state index in [-0.39, 0.29) is 0 Å². The average Bonchev–Trinajstić information content (AvgIpc) is 2.62. The van der Waals surface area contributed by atoms with E-state index < -0.39 is 5.60 Å². The van der Waals surface area contributed by atoms with Crippen molar-refractivity contribution in [2.75, 3.05) is 19.6 Å². The van der Waals surface area contributed by atoms with Gasteiger partial charge in [-0.15, -0.1) is 0 Å². The molecule has 0 aliphatic carbocycles. The highest BCUT2D eigenvalue weighted by Gasteiger charge is 2.36. The highest BCUT2D eigenvalue weighted by molar-refractivity contribution is 9.10. The number of likely N-dealkylation sites (tertiary alicyclic amines) is 1. The van der Waals surface area contributed by atoms with E-state index in [1.54, 1.807) is 0 Å². The van der Waals surface area contributed by atoms with Gasteiger partial charge in [0.1, 0.15) is 5.60 Å². The largest absolute Gasteiger partial charge is 0.384 e. The first-order chi connectivity index (χ1) is 7.14. The minimum Gasteiger partial charge on any atom is -0.384 e. The molecule has 15 heavy (non-hydrogen) atoms. The van der Waals surface area contributed by atoms with E-state index >= 15 is 0 Å². The van der Waals surface area contributed by atoms with Crippen LogP contribution >= 0.6 is 15.9 Å². The summed E-state index contributed by atoms with van der Waals surface area (Å²) in [5.41, 5.74) is 0.387. The molecule has 0 bridgehead atoms. The van der Waals surface area contributed by atoms with Gasteiger partial charge in [0.2, 0.25) is 0 Å². The molecule has 1 N–H and O–H groups in total. The van der Waals surface area contributed by atoms with Crippen molar-refractivity contribution in [2.45, 2.75) is 18.9 Å². The third kappa shape index (κ3) is 2.25. The third-order valence-corrected chi connectivity index (χ3v) is 3.68. The lowest BCUT2D eigenvalue weighted by Gasteiger charge is -2.23. The second kappa shape index (κ2) is 4.24.